The largest absolute Gasteiger partial charge is 0.368 e. The summed E-state index contributed by atoms with van der Waals surface area (Å²) in [7, 11) is 0. The number of carbonyl (C=O) groups excluding carboxylic acids is 2. The fourth-order valence-electron chi connectivity index (χ4n) is 2.45. The number of anilines is 1. The molecule has 1 saturated heterocycles. The highest BCUT2D eigenvalue weighted by Crippen LogP contribution is 2.17. The first-order valence-electron chi connectivity index (χ1n) is 7.56. The first-order chi connectivity index (χ1) is 10.6. The Bertz CT molecular complexity index is 580. The van der Waals surface area contributed by atoms with Gasteiger partial charge in [-0.15, -0.1) is 0 Å². The number of benzene rings is 1. The van der Waals surface area contributed by atoms with Crippen LogP contribution >= 0.6 is 0 Å². The molecule has 1 aliphatic heterocycles. The van der Waals surface area contributed by atoms with E-state index in [0.717, 1.165) is 24.3 Å². The Morgan fingerprint density at radius 2 is 1.64 bits per heavy atom. The molecule has 0 unspecified atom stereocenters. The monoisotopic (exact) mass is 298 g/mol. The molecule has 0 spiro atoms. The average Bonchev–Trinajstić information content (AvgIpc) is 2.55. The van der Waals surface area contributed by atoms with E-state index < -0.39 is 0 Å². The molecule has 0 aromatic heterocycles. The van der Waals surface area contributed by atoms with Gasteiger partial charge < -0.3 is 9.80 Å². The molecule has 0 bridgehead atoms. The molecule has 0 radical (unpaired) electrons. The van der Waals surface area contributed by atoms with Gasteiger partial charge in [0.15, 0.2) is 5.78 Å². The van der Waals surface area contributed by atoms with Crippen LogP contribution in [0.25, 0.3) is 0 Å². The number of Topliss-reactive ketones (excluding diaryl/α,β-unsaturated/α-hetero) is 1. The molecular weight excluding hydrogens is 276 g/mol. The maximum atomic E-state index is 12.0. The summed E-state index contributed by atoms with van der Waals surface area (Å²) >= 11 is 0. The van der Waals surface area contributed by atoms with E-state index in [9.17, 15) is 9.59 Å². The average molecular weight is 298 g/mol. The summed E-state index contributed by atoms with van der Waals surface area (Å²) in [5, 5.41) is 0. The van der Waals surface area contributed by atoms with Crippen LogP contribution in [0.1, 0.15) is 24.2 Å². The van der Waals surface area contributed by atoms with Gasteiger partial charge in [0.1, 0.15) is 0 Å². The van der Waals surface area contributed by atoms with Gasteiger partial charge in [-0.3, -0.25) is 9.59 Å². The zero-order valence-electron chi connectivity index (χ0n) is 13.2. The number of ketones is 1. The van der Waals surface area contributed by atoms with E-state index in [4.69, 9.17) is 0 Å². The molecule has 1 amide bonds. The van der Waals surface area contributed by atoms with E-state index in [1.807, 2.05) is 48.2 Å². The van der Waals surface area contributed by atoms with Crippen LogP contribution in [0, 0.1) is 0 Å². The van der Waals surface area contributed by atoms with Crippen LogP contribution in [0.4, 0.5) is 5.69 Å². The van der Waals surface area contributed by atoms with Gasteiger partial charge in [0.05, 0.1) is 0 Å². The van der Waals surface area contributed by atoms with E-state index in [1.165, 1.54) is 0 Å². The van der Waals surface area contributed by atoms with Gasteiger partial charge in [0.25, 0.3) is 0 Å². The molecule has 1 aromatic carbocycles. The lowest BCUT2D eigenvalue weighted by Gasteiger charge is -2.35. The summed E-state index contributed by atoms with van der Waals surface area (Å²) < 4.78 is 0. The Balaban J connectivity index is 1.91. The van der Waals surface area contributed by atoms with Crippen LogP contribution < -0.4 is 4.90 Å². The molecule has 22 heavy (non-hydrogen) atoms. The molecule has 0 saturated carbocycles. The Labute approximate surface area is 131 Å². The molecule has 0 atom stereocenters. The zero-order chi connectivity index (χ0) is 15.9. The quantitative estimate of drug-likeness (QED) is 0.487. The minimum Gasteiger partial charge on any atom is -0.368 e. The van der Waals surface area contributed by atoms with Crippen molar-refractivity contribution >= 4 is 17.4 Å². The minimum absolute atomic E-state index is 0.0599. The molecule has 4 nitrogen and oxygen atoms in total. The van der Waals surface area contributed by atoms with Crippen LogP contribution in [0.15, 0.2) is 48.6 Å². The van der Waals surface area contributed by atoms with Crippen LogP contribution in [0.2, 0.25) is 0 Å². The summed E-state index contributed by atoms with van der Waals surface area (Å²) in [6.45, 7) is 6.54. The van der Waals surface area contributed by atoms with Crippen molar-refractivity contribution in [3.63, 3.8) is 0 Å². The predicted octanol–water partition coefficient (Wildman–Crippen LogP) is 2.67. The second-order valence-electron chi connectivity index (χ2n) is 5.30. The van der Waals surface area contributed by atoms with Gasteiger partial charge >= 0.3 is 0 Å². The predicted molar refractivity (Wildman–Crippen MR) is 89.2 cm³/mol. The van der Waals surface area contributed by atoms with E-state index in [2.05, 4.69) is 4.90 Å². The normalized spacial score (nSPS) is 15.7. The van der Waals surface area contributed by atoms with E-state index in [0.29, 0.717) is 13.1 Å². The second kappa shape index (κ2) is 7.59. The maximum absolute atomic E-state index is 12.0. The summed E-state index contributed by atoms with van der Waals surface area (Å²) in [5.74, 6) is 0.138. The van der Waals surface area contributed by atoms with Crippen LogP contribution in [0.3, 0.4) is 0 Å². The SMILES string of the molecule is CC=CC=CC(=O)N1CCN(c2ccc(C(C)=O)cc2)CC1. The van der Waals surface area contributed by atoms with Crippen molar-refractivity contribution < 1.29 is 9.59 Å². The van der Waals surface area contributed by atoms with Crippen molar-refractivity contribution in [1.82, 2.24) is 4.90 Å². The molecule has 0 N–H and O–H groups in total. The lowest BCUT2D eigenvalue weighted by Crippen LogP contribution is -2.48. The third-order valence-electron chi connectivity index (χ3n) is 3.77. The molecule has 4 heteroatoms. The molecule has 1 aromatic rings. The van der Waals surface area contributed by atoms with Crippen molar-refractivity contribution in [2.75, 3.05) is 31.1 Å². The van der Waals surface area contributed by atoms with E-state index in [1.54, 1.807) is 19.1 Å². The van der Waals surface area contributed by atoms with Crippen molar-refractivity contribution in [1.29, 1.82) is 0 Å². The van der Waals surface area contributed by atoms with Crippen molar-refractivity contribution in [2.24, 2.45) is 0 Å². The number of nitrogens with zero attached hydrogens (tertiary/aromatic N) is 2. The number of amides is 1. The highest BCUT2D eigenvalue weighted by Gasteiger charge is 2.19. The zero-order valence-corrected chi connectivity index (χ0v) is 13.2. The third kappa shape index (κ3) is 4.07. The summed E-state index contributed by atoms with van der Waals surface area (Å²) in [6.07, 6.45) is 7.13. The van der Waals surface area contributed by atoms with Gasteiger partial charge in [-0.2, -0.15) is 0 Å². The summed E-state index contributed by atoms with van der Waals surface area (Å²) in [5.41, 5.74) is 1.83. The Kier molecular flexibility index (Phi) is 5.53. The topological polar surface area (TPSA) is 40.6 Å². The lowest BCUT2D eigenvalue weighted by molar-refractivity contribution is -0.126. The Morgan fingerprint density at radius 1 is 1.00 bits per heavy atom. The number of hydrogen-bond acceptors (Lipinski definition) is 3. The number of piperazine rings is 1. The third-order valence-corrected chi connectivity index (χ3v) is 3.77. The standard InChI is InChI=1S/C18H22N2O2/c1-3-4-5-6-18(22)20-13-11-19(12-14-20)17-9-7-16(8-10-17)15(2)21/h3-10H,11-14H2,1-2H3. The van der Waals surface area contributed by atoms with Crippen LogP contribution in [-0.2, 0) is 4.79 Å². The summed E-state index contributed by atoms with van der Waals surface area (Å²) in [4.78, 5) is 27.4. The number of rotatable bonds is 4. The highest BCUT2D eigenvalue weighted by atomic mass is 16.2. The molecule has 1 aliphatic rings. The Morgan fingerprint density at radius 3 is 2.18 bits per heavy atom. The fraction of sp³-hybridized carbons (Fsp3) is 0.333. The second-order valence-corrected chi connectivity index (χ2v) is 5.30. The number of carbonyl (C=O) groups is 2. The highest BCUT2D eigenvalue weighted by molar-refractivity contribution is 5.94. The first-order valence-corrected chi connectivity index (χ1v) is 7.56. The van der Waals surface area contributed by atoms with Gasteiger partial charge in [-0.05, 0) is 38.1 Å². The lowest BCUT2D eigenvalue weighted by atomic mass is 10.1. The molecule has 116 valence electrons. The first kappa shape index (κ1) is 16.0. The van der Waals surface area contributed by atoms with Crippen molar-refractivity contribution in [3.8, 4) is 0 Å². The maximum Gasteiger partial charge on any atom is 0.246 e. The fourth-order valence-corrected chi connectivity index (χ4v) is 2.45. The van der Waals surface area contributed by atoms with Gasteiger partial charge in [0, 0.05) is 43.5 Å². The smallest absolute Gasteiger partial charge is 0.246 e. The van der Waals surface area contributed by atoms with Gasteiger partial charge in [-0.25, -0.2) is 0 Å². The molecule has 2 rings (SSSR count). The van der Waals surface area contributed by atoms with E-state index >= 15 is 0 Å². The van der Waals surface area contributed by atoms with Crippen molar-refractivity contribution in [2.45, 2.75) is 13.8 Å². The molecule has 1 fully saturated rings. The van der Waals surface area contributed by atoms with Crippen LogP contribution in [-0.4, -0.2) is 42.8 Å². The molecule has 1 heterocycles. The molecular formula is C18H22N2O2. The van der Waals surface area contributed by atoms with E-state index in [-0.39, 0.29) is 11.7 Å². The minimum atomic E-state index is 0.0599. The van der Waals surface area contributed by atoms with Crippen molar-refractivity contribution in [3.05, 3.63) is 54.1 Å². The van der Waals surface area contributed by atoms with Gasteiger partial charge in [-0.1, -0.05) is 18.2 Å². The number of allylic oxidation sites excluding steroid dienone is 3. The Hall–Kier alpha value is -2.36. The molecule has 0 aliphatic carbocycles. The van der Waals surface area contributed by atoms with Crippen LogP contribution in [0.5, 0.6) is 0 Å². The summed E-state index contributed by atoms with van der Waals surface area (Å²) in [6, 6.07) is 7.66. The van der Waals surface area contributed by atoms with Gasteiger partial charge in [0.2, 0.25) is 5.91 Å². The number of hydrogen-bond donors (Lipinski definition) is 0.